The molecule has 1 heterocycles. The van der Waals surface area contributed by atoms with Crippen molar-refractivity contribution in [1.82, 2.24) is 10.6 Å². The summed E-state index contributed by atoms with van der Waals surface area (Å²) in [6.45, 7) is 6.60. The highest BCUT2D eigenvalue weighted by Crippen LogP contribution is 2.30. The van der Waals surface area contributed by atoms with Crippen molar-refractivity contribution in [2.24, 2.45) is 0 Å². The second kappa shape index (κ2) is 5.14. The van der Waals surface area contributed by atoms with Gasteiger partial charge in [0.1, 0.15) is 5.76 Å². The van der Waals surface area contributed by atoms with Gasteiger partial charge < -0.3 is 15.1 Å². The van der Waals surface area contributed by atoms with Crippen LogP contribution in [0.25, 0.3) is 0 Å². The van der Waals surface area contributed by atoms with Crippen LogP contribution in [0.1, 0.15) is 51.0 Å². The summed E-state index contributed by atoms with van der Waals surface area (Å²) in [5.41, 5.74) is 0.609. The van der Waals surface area contributed by atoms with Crippen LogP contribution in [0.5, 0.6) is 0 Å². The Balaban J connectivity index is 2.06. The number of rotatable bonds is 4. The van der Waals surface area contributed by atoms with Gasteiger partial charge in [-0.25, -0.2) is 0 Å². The Hall–Kier alpha value is -1.29. The van der Waals surface area contributed by atoms with Crippen molar-refractivity contribution in [3.8, 4) is 0 Å². The number of fused-ring (bicyclic) bond motifs is 1. The summed E-state index contributed by atoms with van der Waals surface area (Å²) in [4.78, 5) is 12.3. The van der Waals surface area contributed by atoms with Gasteiger partial charge in [-0.1, -0.05) is 6.92 Å². The zero-order valence-corrected chi connectivity index (χ0v) is 11.4. The minimum atomic E-state index is -0.532. The van der Waals surface area contributed by atoms with Crippen molar-refractivity contribution in [1.29, 1.82) is 0 Å². The van der Waals surface area contributed by atoms with E-state index in [9.17, 15) is 4.79 Å². The molecule has 0 bridgehead atoms. The first-order chi connectivity index (χ1) is 8.54. The highest BCUT2D eigenvalue weighted by molar-refractivity contribution is 5.85. The molecule has 4 nitrogen and oxygen atoms in total. The van der Waals surface area contributed by atoms with Crippen LogP contribution >= 0.6 is 0 Å². The number of nitrogens with one attached hydrogen (secondary N) is 2. The molecule has 4 heteroatoms. The molecule has 1 aliphatic rings. The van der Waals surface area contributed by atoms with E-state index in [2.05, 4.69) is 10.6 Å². The van der Waals surface area contributed by atoms with Crippen LogP contribution in [-0.4, -0.2) is 18.0 Å². The largest absolute Gasteiger partial charge is 0.469 e. The van der Waals surface area contributed by atoms with E-state index in [1.54, 1.807) is 6.26 Å². The number of carbonyl (C=O) groups excluding carboxylic acids is 1. The molecule has 100 valence electrons. The van der Waals surface area contributed by atoms with Gasteiger partial charge in [-0.3, -0.25) is 4.79 Å². The molecule has 1 unspecified atom stereocenters. The van der Waals surface area contributed by atoms with E-state index in [0.29, 0.717) is 0 Å². The smallest absolute Gasteiger partial charge is 0.240 e. The molecule has 0 aliphatic heterocycles. The van der Waals surface area contributed by atoms with Gasteiger partial charge in [0.05, 0.1) is 17.8 Å². The quantitative estimate of drug-likeness (QED) is 0.861. The molecule has 0 saturated heterocycles. The topological polar surface area (TPSA) is 54.3 Å². The van der Waals surface area contributed by atoms with Crippen molar-refractivity contribution >= 4 is 5.91 Å². The Morgan fingerprint density at radius 3 is 3.06 bits per heavy atom. The lowest BCUT2D eigenvalue weighted by Crippen LogP contribution is -2.53. The molecule has 0 spiro atoms. The third-order valence-electron chi connectivity index (χ3n) is 3.54. The Morgan fingerprint density at radius 1 is 1.56 bits per heavy atom. The molecule has 18 heavy (non-hydrogen) atoms. The highest BCUT2D eigenvalue weighted by Gasteiger charge is 2.30. The molecule has 0 radical (unpaired) electrons. The molecular formula is C14H22N2O2. The van der Waals surface area contributed by atoms with Crippen molar-refractivity contribution in [2.45, 2.75) is 51.6 Å². The van der Waals surface area contributed by atoms with Crippen LogP contribution in [-0.2, 0) is 11.2 Å². The number of carbonyl (C=O) groups is 1. The van der Waals surface area contributed by atoms with Crippen molar-refractivity contribution in [3.05, 3.63) is 23.7 Å². The van der Waals surface area contributed by atoms with Crippen LogP contribution in [0.4, 0.5) is 0 Å². The van der Waals surface area contributed by atoms with E-state index in [1.165, 1.54) is 0 Å². The van der Waals surface area contributed by atoms with E-state index >= 15 is 0 Å². The molecule has 1 aliphatic carbocycles. The maximum absolute atomic E-state index is 12.3. The number of furan rings is 1. The average molecular weight is 250 g/mol. The molecule has 2 N–H and O–H groups in total. The van der Waals surface area contributed by atoms with Gasteiger partial charge in [0.15, 0.2) is 0 Å². The van der Waals surface area contributed by atoms with Crippen molar-refractivity contribution < 1.29 is 9.21 Å². The third kappa shape index (κ3) is 2.58. The van der Waals surface area contributed by atoms with E-state index in [0.717, 1.165) is 37.1 Å². The fourth-order valence-corrected chi connectivity index (χ4v) is 2.50. The lowest BCUT2D eigenvalue weighted by atomic mass is 9.92. The molecule has 0 fully saturated rings. The lowest BCUT2D eigenvalue weighted by molar-refractivity contribution is -0.127. The molecule has 1 amide bonds. The van der Waals surface area contributed by atoms with E-state index in [1.807, 2.05) is 26.8 Å². The minimum absolute atomic E-state index is 0.0448. The number of hydrogen-bond donors (Lipinski definition) is 2. The van der Waals surface area contributed by atoms with Crippen molar-refractivity contribution in [2.75, 3.05) is 6.54 Å². The molecule has 0 saturated carbocycles. The lowest BCUT2D eigenvalue weighted by Gasteiger charge is -2.29. The molecule has 0 aromatic carbocycles. The Morgan fingerprint density at radius 2 is 2.33 bits per heavy atom. The molecule has 1 aromatic heterocycles. The summed E-state index contributed by atoms with van der Waals surface area (Å²) in [6.07, 6.45) is 4.74. The van der Waals surface area contributed by atoms with E-state index < -0.39 is 5.54 Å². The van der Waals surface area contributed by atoms with Gasteiger partial charge in [0.2, 0.25) is 5.91 Å². The van der Waals surface area contributed by atoms with Gasteiger partial charge in [-0.15, -0.1) is 0 Å². The number of aryl methyl sites for hydroxylation is 1. The first-order valence-corrected chi connectivity index (χ1v) is 6.67. The summed E-state index contributed by atoms with van der Waals surface area (Å²) in [6, 6.07) is 2.07. The highest BCUT2D eigenvalue weighted by atomic mass is 16.3. The van der Waals surface area contributed by atoms with E-state index in [4.69, 9.17) is 4.42 Å². The van der Waals surface area contributed by atoms with Crippen LogP contribution in [0.2, 0.25) is 0 Å². The molecule has 1 aromatic rings. The number of hydrogen-bond acceptors (Lipinski definition) is 3. The molecule has 1 atom stereocenters. The number of likely N-dealkylation sites (N-methyl/N-ethyl adjacent to an activating group) is 1. The summed E-state index contributed by atoms with van der Waals surface area (Å²) in [7, 11) is 0. The maximum Gasteiger partial charge on any atom is 0.240 e. The first kappa shape index (κ1) is 13.1. The van der Waals surface area contributed by atoms with Gasteiger partial charge in [-0.05, 0) is 39.3 Å². The average Bonchev–Trinajstić information content (AvgIpc) is 2.78. The second-order valence-corrected chi connectivity index (χ2v) is 5.37. The monoisotopic (exact) mass is 250 g/mol. The fraction of sp³-hybridized carbons (Fsp3) is 0.643. The second-order valence-electron chi connectivity index (χ2n) is 5.37. The van der Waals surface area contributed by atoms with Gasteiger partial charge in [0, 0.05) is 12.0 Å². The van der Waals surface area contributed by atoms with Crippen LogP contribution in [0, 0.1) is 0 Å². The first-order valence-electron chi connectivity index (χ1n) is 6.67. The van der Waals surface area contributed by atoms with Crippen LogP contribution in [0.3, 0.4) is 0 Å². The maximum atomic E-state index is 12.3. The number of amides is 1. The Kier molecular flexibility index (Phi) is 3.76. The van der Waals surface area contributed by atoms with Gasteiger partial charge in [-0.2, -0.15) is 0 Å². The Labute approximate surface area is 108 Å². The summed E-state index contributed by atoms with van der Waals surface area (Å²) < 4.78 is 5.43. The normalized spacial score (nSPS) is 19.4. The summed E-state index contributed by atoms with van der Waals surface area (Å²) in [5.74, 6) is 1.07. The zero-order chi connectivity index (χ0) is 13.2. The standard InChI is InChI=1S/C14H22N2O2/c1-4-15-14(2,3)13(17)16-11-6-5-7-12-10(11)8-9-18-12/h8-9,11,15H,4-7H2,1-3H3,(H,16,17). The predicted octanol–water partition coefficient (Wildman–Crippen LogP) is 2.16. The van der Waals surface area contributed by atoms with Gasteiger partial charge >= 0.3 is 0 Å². The van der Waals surface area contributed by atoms with Crippen LogP contribution in [0.15, 0.2) is 16.7 Å². The SMILES string of the molecule is CCNC(C)(C)C(=O)NC1CCCc2occc21. The Bertz CT molecular complexity index is 423. The minimum Gasteiger partial charge on any atom is -0.469 e. The molecule has 2 rings (SSSR count). The van der Waals surface area contributed by atoms with Crippen molar-refractivity contribution in [3.63, 3.8) is 0 Å². The third-order valence-corrected chi connectivity index (χ3v) is 3.54. The summed E-state index contributed by atoms with van der Waals surface area (Å²) >= 11 is 0. The summed E-state index contributed by atoms with van der Waals surface area (Å²) in [5, 5.41) is 6.32. The zero-order valence-electron chi connectivity index (χ0n) is 11.4. The predicted molar refractivity (Wildman–Crippen MR) is 70.3 cm³/mol. The fourth-order valence-electron chi connectivity index (χ4n) is 2.50. The molecular weight excluding hydrogens is 228 g/mol. The van der Waals surface area contributed by atoms with Crippen LogP contribution < -0.4 is 10.6 Å². The van der Waals surface area contributed by atoms with E-state index in [-0.39, 0.29) is 11.9 Å². The van der Waals surface area contributed by atoms with Gasteiger partial charge in [0.25, 0.3) is 0 Å².